The minimum Gasteiger partial charge on any atom is -0.299 e. The minimum atomic E-state index is -3.38. The van der Waals surface area contributed by atoms with Crippen molar-refractivity contribution < 1.29 is 26.7 Å². The molecule has 2 nitrogen and oxygen atoms in total. The summed E-state index contributed by atoms with van der Waals surface area (Å²) in [4.78, 5) is 16.2. The highest BCUT2D eigenvalue weighted by molar-refractivity contribution is 6.00. The summed E-state index contributed by atoms with van der Waals surface area (Å²) < 4.78 is 66.8. The molecule has 2 unspecified atom stereocenters. The Morgan fingerprint density at radius 2 is 1.96 bits per heavy atom. The number of rotatable bonds is 5. The molecule has 2 aliphatic rings. The summed E-state index contributed by atoms with van der Waals surface area (Å²) in [6, 6.07) is 2.06. The molecule has 0 radical (unpaired) electrons. The van der Waals surface area contributed by atoms with Crippen molar-refractivity contribution in [3.8, 4) is 0 Å². The molecule has 1 heterocycles. The molecule has 1 aromatic carbocycles. The highest BCUT2D eigenvalue weighted by Crippen LogP contribution is 2.55. The zero-order valence-electron chi connectivity index (χ0n) is 14.6. The lowest BCUT2D eigenvalue weighted by molar-refractivity contribution is -0.242. The Morgan fingerprint density at radius 1 is 1.26 bits per heavy atom. The Bertz CT molecular complexity index is 854. The fourth-order valence-corrected chi connectivity index (χ4v) is 3.21. The van der Waals surface area contributed by atoms with Crippen LogP contribution in [0, 0.1) is 17.6 Å². The standard InChI is InChI=1S/C20H18F5NO/c1-19(23)13(11-20(19,24)25)9-15(27)7-3-6-14-5-2-4-12-8-16(21)17(22)10-18(12)26-14/h2-4,6,8,10,13H,5,7,9,11H2,1H3/b6-3+. The van der Waals surface area contributed by atoms with Crippen LogP contribution < -0.4 is 0 Å². The number of Topliss-reactive ketones (excluding diaryl/α,β-unsaturated/α-hetero) is 1. The molecule has 0 aromatic heterocycles. The van der Waals surface area contributed by atoms with Gasteiger partial charge in [0.1, 0.15) is 5.78 Å². The maximum absolute atomic E-state index is 13.9. The van der Waals surface area contributed by atoms with Gasteiger partial charge >= 0.3 is 0 Å². The van der Waals surface area contributed by atoms with Crippen LogP contribution in [0.5, 0.6) is 0 Å². The number of fused-ring (bicyclic) bond motifs is 1. The molecule has 0 saturated heterocycles. The van der Waals surface area contributed by atoms with Gasteiger partial charge in [0.2, 0.25) is 0 Å². The summed E-state index contributed by atoms with van der Waals surface area (Å²) in [7, 11) is 0. The normalized spacial score (nSPS) is 26.3. The molecule has 0 spiro atoms. The van der Waals surface area contributed by atoms with Crippen molar-refractivity contribution in [1.82, 2.24) is 0 Å². The number of benzene rings is 1. The van der Waals surface area contributed by atoms with Crippen molar-refractivity contribution in [2.45, 2.75) is 44.2 Å². The summed E-state index contributed by atoms with van der Waals surface area (Å²) in [5.41, 5.74) is -1.39. The molecule has 27 heavy (non-hydrogen) atoms. The van der Waals surface area contributed by atoms with Crippen molar-refractivity contribution in [2.75, 3.05) is 0 Å². The maximum atomic E-state index is 13.9. The van der Waals surface area contributed by atoms with Crippen molar-refractivity contribution >= 4 is 23.3 Å². The number of halogens is 5. The molecule has 1 saturated carbocycles. The van der Waals surface area contributed by atoms with Crippen LogP contribution in [0.4, 0.5) is 27.6 Å². The Kier molecular flexibility index (Phi) is 5.06. The molecule has 0 bridgehead atoms. The van der Waals surface area contributed by atoms with Crippen LogP contribution >= 0.6 is 0 Å². The first kappa shape index (κ1) is 19.5. The van der Waals surface area contributed by atoms with Crippen LogP contribution in [0.2, 0.25) is 0 Å². The fraction of sp³-hybridized carbons (Fsp3) is 0.400. The third-order valence-corrected chi connectivity index (χ3v) is 5.07. The lowest BCUT2D eigenvalue weighted by atomic mass is 9.66. The van der Waals surface area contributed by atoms with Crippen molar-refractivity contribution in [2.24, 2.45) is 10.9 Å². The average molecular weight is 383 g/mol. The number of allylic oxidation sites excluding steroid dienone is 3. The van der Waals surface area contributed by atoms with E-state index in [1.54, 1.807) is 18.2 Å². The minimum absolute atomic E-state index is 0.0362. The fourth-order valence-electron chi connectivity index (χ4n) is 3.21. The highest BCUT2D eigenvalue weighted by Gasteiger charge is 2.66. The number of carbonyl (C=O) groups excluding carboxylic acids is 1. The molecule has 7 heteroatoms. The number of aliphatic imine (C=N–C) groups is 1. The van der Waals surface area contributed by atoms with Gasteiger partial charge in [-0.3, -0.25) is 9.79 Å². The molecule has 3 rings (SSSR count). The summed E-state index contributed by atoms with van der Waals surface area (Å²) in [6.07, 6.45) is 5.96. The second-order valence-corrected chi connectivity index (χ2v) is 7.07. The number of carbonyl (C=O) groups is 1. The SMILES string of the molecule is CC1(F)C(CC(=O)C/C=C/C2=Nc3cc(F)c(F)cc3C=CC2)CC1(F)F. The largest absolute Gasteiger partial charge is 0.299 e. The molecule has 0 N–H and O–H groups in total. The van der Waals surface area contributed by atoms with E-state index in [0.717, 1.165) is 19.1 Å². The molecule has 144 valence electrons. The number of nitrogens with zero attached hydrogens (tertiary/aromatic N) is 1. The van der Waals surface area contributed by atoms with E-state index in [-0.39, 0.29) is 24.3 Å². The Hall–Kier alpha value is -2.31. The topological polar surface area (TPSA) is 29.4 Å². The van der Waals surface area contributed by atoms with Crippen LogP contribution in [-0.2, 0) is 4.79 Å². The van der Waals surface area contributed by atoms with Gasteiger partial charge in [0.05, 0.1) is 5.69 Å². The first-order chi connectivity index (χ1) is 12.6. The molecule has 1 aliphatic carbocycles. The summed E-state index contributed by atoms with van der Waals surface area (Å²) >= 11 is 0. The van der Waals surface area contributed by atoms with E-state index >= 15 is 0 Å². The average Bonchev–Trinajstić information content (AvgIpc) is 2.76. The third kappa shape index (κ3) is 3.87. The zero-order valence-corrected chi connectivity index (χ0v) is 14.6. The van der Waals surface area contributed by atoms with Crippen molar-refractivity contribution in [3.05, 3.63) is 47.6 Å². The lowest BCUT2D eigenvalue weighted by Crippen LogP contribution is -2.60. The first-order valence-corrected chi connectivity index (χ1v) is 8.58. The molecule has 1 aliphatic heterocycles. The molecule has 1 fully saturated rings. The number of hydrogen-bond donors (Lipinski definition) is 0. The number of ketones is 1. The summed E-state index contributed by atoms with van der Waals surface area (Å²) in [5, 5.41) is 0. The Morgan fingerprint density at radius 3 is 2.63 bits per heavy atom. The van der Waals surface area contributed by atoms with Crippen LogP contribution in [0.15, 0.2) is 35.4 Å². The van der Waals surface area contributed by atoms with Crippen molar-refractivity contribution in [1.29, 1.82) is 0 Å². The van der Waals surface area contributed by atoms with E-state index in [1.165, 1.54) is 6.08 Å². The Balaban J connectivity index is 1.61. The van der Waals surface area contributed by atoms with Crippen LogP contribution in [0.3, 0.4) is 0 Å². The van der Waals surface area contributed by atoms with E-state index in [0.29, 0.717) is 17.7 Å². The Labute approximate surface area is 153 Å². The predicted octanol–water partition coefficient (Wildman–Crippen LogP) is 5.74. The van der Waals surface area contributed by atoms with Crippen molar-refractivity contribution in [3.63, 3.8) is 0 Å². The van der Waals surface area contributed by atoms with Gasteiger partial charge in [-0.15, -0.1) is 0 Å². The predicted molar refractivity (Wildman–Crippen MR) is 93.1 cm³/mol. The second-order valence-electron chi connectivity index (χ2n) is 7.07. The van der Waals surface area contributed by atoms with Gasteiger partial charge in [-0.05, 0) is 19.1 Å². The van der Waals surface area contributed by atoms with Gasteiger partial charge in [0.15, 0.2) is 17.3 Å². The molecular formula is C20H18F5NO. The second kappa shape index (κ2) is 7.02. The van der Waals surface area contributed by atoms with Gasteiger partial charge in [0, 0.05) is 48.9 Å². The quantitative estimate of drug-likeness (QED) is 0.596. The molecule has 2 atom stereocenters. The van der Waals surface area contributed by atoms with Gasteiger partial charge in [0.25, 0.3) is 5.92 Å². The van der Waals surface area contributed by atoms with Gasteiger partial charge in [-0.2, -0.15) is 0 Å². The smallest absolute Gasteiger partial charge is 0.281 e. The van der Waals surface area contributed by atoms with E-state index in [1.807, 2.05) is 0 Å². The first-order valence-electron chi connectivity index (χ1n) is 8.58. The van der Waals surface area contributed by atoms with Crippen LogP contribution in [0.25, 0.3) is 6.08 Å². The van der Waals surface area contributed by atoms with Gasteiger partial charge in [-0.25, -0.2) is 22.0 Å². The molecular weight excluding hydrogens is 365 g/mol. The summed E-state index contributed by atoms with van der Waals surface area (Å²) in [5.74, 6) is -6.65. The van der Waals surface area contributed by atoms with E-state index in [9.17, 15) is 26.7 Å². The summed E-state index contributed by atoms with van der Waals surface area (Å²) in [6.45, 7) is 0.830. The molecule has 0 amide bonds. The van der Waals surface area contributed by atoms with Gasteiger partial charge in [-0.1, -0.05) is 18.2 Å². The molecule has 1 aromatic rings. The van der Waals surface area contributed by atoms with E-state index in [2.05, 4.69) is 4.99 Å². The van der Waals surface area contributed by atoms with E-state index < -0.39 is 35.6 Å². The van der Waals surface area contributed by atoms with Crippen LogP contribution in [-0.4, -0.2) is 23.1 Å². The monoisotopic (exact) mass is 383 g/mol. The number of hydrogen-bond acceptors (Lipinski definition) is 2. The highest BCUT2D eigenvalue weighted by atomic mass is 19.3. The number of alkyl halides is 3. The zero-order chi connectivity index (χ0) is 19.8. The maximum Gasteiger partial charge on any atom is 0.281 e. The van der Waals surface area contributed by atoms with E-state index in [4.69, 9.17) is 0 Å². The van der Waals surface area contributed by atoms with Gasteiger partial charge < -0.3 is 0 Å². The van der Waals surface area contributed by atoms with Crippen LogP contribution in [0.1, 0.15) is 38.2 Å². The lowest BCUT2D eigenvalue weighted by Gasteiger charge is -2.47. The third-order valence-electron chi connectivity index (χ3n) is 5.07.